The number of hydrogen-bond acceptors (Lipinski definition) is 4. The number of fused-ring (bicyclic) bond motifs is 1. The Morgan fingerprint density at radius 2 is 2.39 bits per heavy atom. The van der Waals surface area contributed by atoms with Gasteiger partial charge in [-0.25, -0.2) is 4.98 Å². The van der Waals surface area contributed by atoms with Gasteiger partial charge in [-0.05, 0) is 18.6 Å². The summed E-state index contributed by atoms with van der Waals surface area (Å²) in [5.41, 5.74) is 6.64. The van der Waals surface area contributed by atoms with Crippen molar-refractivity contribution in [2.45, 2.75) is 13.3 Å². The molecule has 2 aromatic rings. The van der Waals surface area contributed by atoms with E-state index in [-0.39, 0.29) is 0 Å². The predicted octanol–water partition coefficient (Wildman–Crippen LogP) is 1.94. The van der Waals surface area contributed by atoms with Crippen LogP contribution in [0.3, 0.4) is 0 Å². The average molecular weight is 247 g/mol. The van der Waals surface area contributed by atoms with E-state index >= 15 is 0 Å². The van der Waals surface area contributed by atoms with Crippen molar-refractivity contribution in [2.75, 3.05) is 18.5 Å². The van der Waals surface area contributed by atoms with Crippen LogP contribution in [0.2, 0.25) is 0 Å². The molecule has 1 aliphatic heterocycles. The van der Waals surface area contributed by atoms with Crippen molar-refractivity contribution in [1.29, 1.82) is 0 Å². The third-order valence-electron chi connectivity index (χ3n) is 3.04. The van der Waals surface area contributed by atoms with E-state index in [1.807, 2.05) is 24.1 Å². The summed E-state index contributed by atoms with van der Waals surface area (Å²) in [6.45, 7) is 3.68. The van der Waals surface area contributed by atoms with Gasteiger partial charge in [-0.15, -0.1) is 0 Å². The van der Waals surface area contributed by atoms with Crippen LogP contribution in [-0.2, 0) is 6.42 Å². The summed E-state index contributed by atoms with van der Waals surface area (Å²) >= 11 is 0. The molecular weight excluding hydrogens is 233 g/mol. The SMILES string of the molecule is CCc1c(NN2C=NCC2)ccc2[nH]c(F)nc12. The Kier molecular flexibility index (Phi) is 2.62. The van der Waals surface area contributed by atoms with Gasteiger partial charge < -0.3 is 4.98 Å². The van der Waals surface area contributed by atoms with Crippen molar-refractivity contribution in [3.8, 4) is 0 Å². The number of anilines is 1. The van der Waals surface area contributed by atoms with Gasteiger partial charge in [0.2, 0.25) is 0 Å². The molecule has 0 radical (unpaired) electrons. The zero-order chi connectivity index (χ0) is 12.5. The number of rotatable bonds is 3. The van der Waals surface area contributed by atoms with Crippen LogP contribution in [-0.4, -0.2) is 34.4 Å². The van der Waals surface area contributed by atoms with Crippen molar-refractivity contribution in [1.82, 2.24) is 15.0 Å². The fraction of sp³-hybridized carbons (Fsp3) is 0.333. The summed E-state index contributed by atoms with van der Waals surface area (Å²) < 4.78 is 13.2. The Hall–Kier alpha value is -2.11. The van der Waals surface area contributed by atoms with Crippen LogP contribution >= 0.6 is 0 Å². The number of hydrazine groups is 1. The van der Waals surface area contributed by atoms with Crippen LogP contribution in [0.5, 0.6) is 0 Å². The molecular formula is C12H14FN5. The van der Waals surface area contributed by atoms with Gasteiger partial charge in [0.25, 0.3) is 6.08 Å². The number of hydrogen-bond donors (Lipinski definition) is 2. The zero-order valence-electron chi connectivity index (χ0n) is 10.1. The Morgan fingerprint density at radius 1 is 1.50 bits per heavy atom. The Balaban J connectivity index is 2.02. The van der Waals surface area contributed by atoms with E-state index in [2.05, 4.69) is 20.4 Å². The first-order valence-electron chi connectivity index (χ1n) is 5.98. The normalized spacial score (nSPS) is 14.7. The van der Waals surface area contributed by atoms with Crippen molar-refractivity contribution in [3.63, 3.8) is 0 Å². The van der Waals surface area contributed by atoms with Gasteiger partial charge in [0.1, 0.15) is 6.34 Å². The largest absolute Gasteiger partial charge is 0.314 e. The summed E-state index contributed by atoms with van der Waals surface area (Å²) in [5.74, 6) is 0. The molecule has 0 saturated carbocycles. The highest BCUT2D eigenvalue weighted by molar-refractivity contribution is 5.84. The molecule has 2 N–H and O–H groups in total. The highest BCUT2D eigenvalue weighted by atomic mass is 19.1. The maximum absolute atomic E-state index is 13.2. The molecule has 0 atom stereocenters. The molecule has 1 aromatic heterocycles. The molecule has 0 spiro atoms. The highest BCUT2D eigenvalue weighted by Gasteiger charge is 2.13. The van der Waals surface area contributed by atoms with E-state index in [0.29, 0.717) is 5.52 Å². The summed E-state index contributed by atoms with van der Waals surface area (Å²) in [6.07, 6.45) is 2.02. The third-order valence-corrected chi connectivity index (χ3v) is 3.04. The molecule has 94 valence electrons. The van der Waals surface area contributed by atoms with E-state index in [9.17, 15) is 4.39 Å². The lowest BCUT2D eigenvalue weighted by Gasteiger charge is -2.19. The number of aromatic amines is 1. The number of aliphatic imine (C=N–C) groups is 1. The minimum absolute atomic E-state index is 0.542. The molecule has 2 heterocycles. The second kappa shape index (κ2) is 4.29. The summed E-state index contributed by atoms with van der Waals surface area (Å²) in [4.78, 5) is 10.7. The van der Waals surface area contributed by atoms with Gasteiger partial charge in [0.05, 0.1) is 29.8 Å². The first-order chi connectivity index (χ1) is 8.78. The molecule has 1 aliphatic rings. The van der Waals surface area contributed by atoms with Gasteiger partial charge in [0, 0.05) is 5.56 Å². The number of aryl methyl sites for hydroxylation is 1. The van der Waals surface area contributed by atoms with Crippen molar-refractivity contribution < 1.29 is 4.39 Å². The monoisotopic (exact) mass is 247 g/mol. The molecule has 0 aliphatic carbocycles. The Morgan fingerprint density at radius 3 is 3.11 bits per heavy atom. The lowest BCUT2D eigenvalue weighted by molar-refractivity contribution is 0.555. The first kappa shape index (κ1) is 11.0. The van der Waals surface area contributed by atoms with E-state index < -0.39 is 6.08 Å². The van der Waals surface area contributed by atoms with Crippen molar-refractivity contribution >= 4 is 23.1 Å². The minimum Gasteiger partial charge on any atom is -0.314 e. The lowest BCUT2D eigenvalue weighted by atomic mass is 10.1. The number of aromatic nitrogens is 2. The molecule has 6 heteroatoms. The van der Waals surface area contributed by atoms with E-state index in [0.717, 1.165) is 36.3 Å². The van der Waals surface area contributed by atoms with Crippen LogP contribution in [0.25, 0.3) is 11.0 Å². The summed E-state index contributed by atoms with van der Waals surface area (Å²) in [7, 11) is 0. The van der Waals surface area contributed by atoms with Crippen LogP contribution in [0.1, 0.15) is 12.5 Å². The van der Waals surface area contributed by atoms with Crippen molar-refractivity contribution in [2.24, 2.45) is 4.99 Å². The first-order valence-corrected chi connectivity index (χ1v) is 5.98. The topological polar surface area (TPSA) is 56.3 Å². The number of H-pyrrole nitrogens is 1. The molecule has 0 fully saturated rings. The maximum atomic E-state index is 13.2. The number of benzene rings is 1. The number of nitrogens with one attached hydrogen (secondary N) is 2. The predicted molar refractivity (Wildman–Crippen MR) is 69.1 cm³/mol. The average Bonchev–Trinajstić information content (AvgIpc) is 2.97. The molecule has 0 saturated heterocycles. The van der Waals surface area contributed by atoms with Gasteiger partial charge in [0.15, 0.2) is 0 Å². The van der Waals surface area contributed by atoms with Gasteiger partial charge in [-0.1, -0.05) is 6.92 Å². The van der Waals surface area contributed by atoms with Gasteiger partial charge in [-0.3, -0.25) is 15.4 Å². The zero-order valence-corrected chi connectivity index (χ0v) is 10.1. The van der Waals surface area contributed by atoms with Crippen LogP contribution in [0.15, 0.2) is 17.1 Å². The number of imidazole rings is 1. The second-order valence-corrected chi connectivity index (χ2v) is 4.20. The third kappa shape index (κ3) is 1.79. The smallest absolute Gasteiger partial charge is 0.287 e. The molecule has 0 amide bonds. The van der Waals surface area contributed by atoms with E-state index in [1.54, 1.807) is 6.34 Å². The quantitative estimate of drug-likeness (QED) is 0.871. The molecule has 0 bridgehead atoms. The van der Waals surface area contributed by atoms with Gasteiger partial charge >= 0.3 is 0 Å². The molecule has 3 rings (SSSR count). The summed E-state index contributed by atoms with van der Waals surface area (Å²) in [5, 5.41) is 1.92. The van der Waals surface area contributed by atoms with E-state index in [1.165, 1.54) is 0 Å². The van der Waals surface area contributed by atoms with Crippen LogP contribution < -0.4 is 5.43 Å². The number of halogens is 1. The lowest BCUT2D eigenvalue weighted by Crippen LogP contribution is -2.27. The fourth-order valence-corrected chi connectivity index (χ4v) is 2.18. The molecule has 0 unspecified atom stereocenters. The van der Waals surface area contributed by atoms with Crippen LogP contribution in [0.4, 0.5) is 10.1 Å². The van der Waals surface area contributed by atoms with E-state index in [4.69, 9.17) is 0 Å². The minimum atomic E-state index is -0.542. The standard InChI is InChI=1S/C12H14FN5/c1-2-8-9(17-18-6-5-14-7-18)3-4-10-11(8)16-12(13)15-10/h3-4,7,17H,2,5-6H2,1H3,(H,15,16). The maximum Gasteiger partial charge on any atom is 0.287 e. The van der Waals surface area contributed by atoms with Gasteiger partial charge in [-0.2, -0.15) is 4.39 Å². The van der Waals surface area contributed by atoms with Crippen LogP contribution in [0, 0.1) is 6.08 Å². The Bertz CT molecular complexity index is 604. The highest BCUT2D eigenvalue weighted by Crippen LogP contribution is 2.25. The summed E-state index contributed by atoms with van der Waals surface area (Å²) in [6, 6.07) is 3.77. The Labute approximate surface area is 104 Å². The molecule has 1 aromatic carbocycles. The number of nitrogens with zero attached hydrogens (tertiary/aromatic N) is 3. The van der Waals surface area contributed by atoms with Crippen molar-refractivity contribution in [3.05, 3.63) is 23.8 Å². The molecule has 18 heavy (non-hydrogen) atoms. The fourth-order valence-electron chi connectivity index (χ4n) is 2.18. The second-order valence-electron chi connectivity index (χ2n) is 4.20. The molecule has 5 nitrogen and oxygen atoms in total.